The van der Waals surface area contributed by atoms with Crippen LogP contribution in [0.1, 0.15) is 11.1 Å². The van der Waals surface area contributed by atoms with E-state index < -0.39 is 5.91 Å². The molecule has 0 saturated carbocycles. The van der Waals surface area contributed by atoms with E-state index in [-0.39, 0.29) is 17.5 Å². The molecule has 2 aromatic rings. The van der Waals surface area contributed by atoms with Gasteiger partial charge in [-0.15, -0.1) is 0 Å². The summed E-state index contributed by atoms with van der Waals surface area (Å²) in [5, 5.41) is 11.8. The normalized spacial score (nSPS) is 10.3. The highest BCUT2D eigenvalue weighted by atomic mass is 35.5. The number of carbonyl (C=O) groups is 2. The smallest absolute Gasteiger partial charge is 0.255 e. The van der Waals surface area contributed by atoms with E-state index >= 15 is 0 Å². The van der Waals surface area contributed by atoms with E-state index in [9.17, 15) is 9.59 Å². The summed E-state index contributed by atoms with van der Waals surface area (Å²) in [5.41, 5.74) is 6.54. The number of methoxy groups -OCH3 is 1. The molecule has 3 N–H and O–H groups in total. The number of anilines is 1. The molecular formula is C19H16ClN3O4. The predicted octanol–water partition coefficient (Wildman–Crippen LogP) is 2.74. The zero-order valence-corrected chi connectivity index (χ0v) is 15.1. The number of nitrogens with two attached hydrogens (primary N) is 1. The van der Waals surface area contributed by atoms with Crippen LogP contribution in [-0.2, 0) is 9.59 Å². The van der Waals surface area contributed by atoms with Crippen LogP contribution in [0.15, 0.2) is 42.5 Å². The molecular weight excluding hydrogens is 370 g/mol. The Kier molecular flexibility index (Phi) is 6.80. The highest BCUT2D eigenvalue weighted by molar-refractivity contribution is 6.32. The number of primary amides is 1. The topological polar surface area (TPSA) is 114 Å². The third-order valence-electron chi connectivity index (χ3n) is 3.34. The molecule has 2 amide bonds. The van der Waals surface area contributed by atoms with Gasteiger partial charge in [-0.1, -0.05) is 17.7 Å². The standard InChI is InChI=1S/C19H16ClN3O4/c1-26-17-8-12(2-6-16(17)27-11-18(22)24)3-7-19(25)23-14-5-4-13(10-21)15(20)9-14/h2-9H,11H2,1H3,(H2,22,24)(H,23,25)/b7-3+. The van der Waals surface area contributed by atoms with Gasteiger partial charge in [-0.05, 0) is 42.0 Å². The van der Waals surface area contributed by atoms with Crippen LogP contribution < -0.4 is 20.5 Å². The minimum Gasteiger partial charge on any atom is -0.493 e. The van der Waals surface area contributed by atoms with Gasteiger partial charge in [0.2, 0.25) is 5.91 Å². The molecule has 2 aromatic carbocycles. The number of nitrogens with one attached hydrogen (secondary N) is 1. The molecule has 0 fully saturated rings. The van der Waals surface area contributed by atoms with Gasteiger partial charge >= 0.3 is 0 Å². The maximum absolute atomic E-state index is 12.0. The molecule has 0 aliphatic heterocycles. The number of hydrogen-bond acceptors (Lipinski definition) is 5. The molecule has 0 spiro atoms. The van der Waals surface area contributed by atoms with Gasteiger partial charge in [-0.2, -0.15) is 5.26 Å². The quantitative estimate of drug-likeness (QED) is 0.711. The first kappa shape index (κ1) is 19.8. The number of benzene rings is 2. The van der Waals surface area contributed by atoms with Crippen molar-refractivity contribution in [1.29, 1.82) is 5.26 Å². The van der Waals surface area contributed by atoms with Crippen LogP contribution in [-0.4, -0.2) is 25.5 Å². The van der Waals surface area contributed by atoms with E-state index in [0.29, 0.717) is 28.3 Å². The second-order valence-corrected chi connectivity index (χ2v) is 5.70. The lowest BCUT2D eigenvalue weighted by Crippen LogP contribution is -2.20. The van der Waals surface area contributed by atoms with Gasteiger partial charge in [-0.25, -0.2) is 0 Å². The summed E-state index contributed by atoms with van der Waals surface area (Å²) >= 11 is 5.93. The Hall–Kier alpha value is -3.50. The van der Waals surface area contributed by atoms with E-state index in [4.69, 9.17) is 32.1 Å². The van der Waals surface area contributed by atoms with E-state index in [1.165, 1.54) is 25.3 Å². The van der Waals surface area contributed by atoms with Gasteiger partial charge < -0.3 is 20.5 Å². The lowest BCUT2D eigenvalue weighted by molar-refractivity contribution is -0.120. The Morgan fingerprint density at radius 1 is 1.26 bits per heavy atom. The Bertz CT molecular complexity index is 935. The van der Waals surface area contributed by atoms with Crippen molar-refractivity contribution in [1.82, 2.24) is 0 Å². The fourth-order valence-electron chi connectivity index (χ4n) is 2.10. The molecule has 0 bridgehead atoms. The van der Waals surface area contributed by atoms with Crippen molar-refractivity contribution in [3.8, 4) is 17.6 Å². The van der Waals surface area contributed by atoms with Crippen LogP contribution in [0.4, 0.5) is 5.69 Å². The maximum atomic E-state index is 12.0. The van der Waals surface area contributed by atoms with E-state index in [1.54, 1.807) is 30.3 Å². The van der Waals surface area contributed by atoms with E-state index in [2.05, 4.69) is 5.32 Å². The van der Waals surface area contributed by atoms with Crippen LogP contribution in [0, 0.1) is 11.3 Å². The lowest BCUT2D eigenvalue weighted by Gasteiger charge is -2.10. The van der Waals surface area contributed by atoms with Gasteiger partial charge in [0.15, 0.2) is 18.1 Å². The molecule has 8 heteroatoms. The van der Waals surface area contributed by atoms with Crippen molar-refractivity contribution >= 4 is 35.2 Å². The monoisotopic (exact) mass is 385 g/mol. The third-order valence-corrected chi connectivity index (χ3v) is 3.65. The van der Waals surface area contributed by atoms with Crippen LogP contribution in [0.3, 0.4) is 0 Å². The average molecular weight is 386 g/mol. The van der Waals surface area contributed by atoms with Crippen molar-refractivity contribution in [3.05, 3.63) is 58.6 Å². The Morgan fingerprint density at radius 2 is 2.04 bits per heavy atom. The molecule has 0 saturated heterocycles. The molecule has 27 heavy (non-hydrogen) atoms. The minimum absolute atomic E-state index is 0.260. The predicted molar refractivity (Wildman–Crippen MR) is 102 cm³/mol. The summed E-state index contributed by atoms with van der Waals surface area (Å²) in [5.74, 6) is -0.202. The second kappa shape index (κ2) is 9.27. The molecule has 2 rings (SSSR count). The first-order valence-corrected chi connectivity index (χ1v) is 8.08. The third kappa shape index (κ3) is 5.76. The summed E-state index contributed by atoms with van der Waals surface area (Å²) in [7, 11) is 1.46. The molecule has 0 unspecified atom stereocenters. The van der Waals surface area contributed by atoms with Gasteiger partial charge in [0, 0.05) is 11.8 Å². The van der Waals surface area contributed by atoms with Crippen molar-refractivity contribution < 1.29 is 19.1 Å². The summed E-state index contributed by atoms with van der Waals surface area (Å²) in [4.78, 5) is 22.8. The van der Waals surface area contributed by atoms with E-state index in [0.717, 1.165) is 0 Å². The van der Waals surface area contributed by atoms with Gasteiger partial charge in [0.05, 0.1) is 17.7 Å². The van der Waals surface area contributed by atoms with Crippen LogP contribution in [0.5, 0.6) is 11.5 Å². The van der Waals surface area contributed by atoms with E-state index in [1.807, 2.05) is 6.07 Å². The fourth-order valence-corrected chi connectivity index (χ4v) is 2.32. The highest BCUT2D eigenvalue weighted by Gasteiger charge is 2.07. The van der Waals surface area contributed by atoms with Crippen LogP contribution in [0.25, 0.3) is 6.08 Å². The Morgan fingerprint density at radius 3 is 2.67 bits per heavy atom. The molecule has 0 heterocycles. The number of ether oxygens (including phenoxy) is 2. The lowest BCUT2D eigenvalue weighted by atomic mass is 10.2. The number of nitriles is 1. The zero-order valence-electron chi connectivity index (χ0n) is 14.4. The SMILES string of the molecule is COc1cc(/C=C/C(=O)Nc2ccc(C#N)c(Cl)c2)ccc1OCC(N)=O. The first-order valence-electron chi connectivity index (χ1n) is 7.70. The van der Waals surface area contributed by atoms with Gasteiger partial charge in [0.1, 0.15) is 6.07 Å². The Balaban J connectivity index is 2.06. The molecule has 0 aliphatic rings. The molecule has 0 aromatic heterocycles. The highest BCUT2D eigenvalue weighted by Crippen LogP contribution is 2.28. The summed E-state index contributed by atoms with van der Waals surface area (Å²) in [6.45, 7) is -0.263. The fraction of sp³-hybridized carbons (Fsp3) is 0.105. The average Bonchev–Trinajstić information content (AvgIpc) is 2.65. The summed E-state index contributed by atoms with van der Waals surface area (Å²) in [6.07, 6.45) is 2.92. The molecule has 138 valence electrons. The zero-order chi connectivity index (χ0) is 19.8. The molecule has 0 atom stereocenters. The number of rotatable bonds is 7. The summed E-state index contributed by atoms with van der Waals surface area (Å²) < 4.78 is 10.4. The Labute approximate surface area is 160 Å². The van der Waals surface area contributed by atoms with Gasteiger partial charge in [0.25, 0.3) is 5.91 Å². The van der Waals surface area contributed by atoms with Crippen LogP contribution >= 0.6 is 11.6 Å². The minimum atomic E-state index is -0.597. The number of hydrogen-bond donors (Lipinski definition) is 2. The van der Waals surface area contributed by atoms with Crippen molar-refractivity contribution in [3.63, 3.8) is 0 Å². The summed E-state index contributed by atoms with van der Waals surface area (Å²) in [6, 6.07) is 11.5. The molecule has 0 aliphatic carbocycles. The molecule has 7 nitrogen and oxygen atoms in total. The largest absolute Gasteiger partial charge is 0.493 e. The van der Waals surface area contributed by atoms with Crippen LogP contribution in [0.2, 0.25) is 5.02 Å². The number of nitrogens with zero attached hydrogens (tertiary/aromatic N) is 1. The van der Waals surface area contributed by atoms with Crippen molar-refractivity contribution in [2.45, 2.75) is 0 Å². The first-order chi connectivity index (χ1) is 12.9. The number of halogens is 1. The molecule has 0 radical (unpaired) electrons. The number of amides is 2. The van der Waals surface area contributed by atoms with Crippen molar-refractivity contribution in [2.75, 3.05) is 19.0 Å². The second-order valence-electron chi connectivity index (χ2n) is 5.29. The van der Waals surface area contributed by atoms with Gasteiger partial charge in [-0.3, -0.25) is 9.59 Å². The maximum Gasteiger partial charge on any atom is 0.255 e. The number of carbonyl (C=O) groups excluding carboxylic acids is 2. The van der Waals surface area contributed by atoms with Crippen molar-refractivity contribution in [2.24, 2.45) is 5.73 Å².